The van der Waals surface area contributed by atoms with Gasteiger partial charge in [-0.3, -0.25) is 9.59 Å². The van der Waals surface area contributed by atoms with Crippen LogP contribution in [0, 0.1) is 12.7 Å². The molecule has 7 heteroatoms. The van der Waals surface area contributed by atoms with Crippen molar-refractivity contribution in [3.8, 4) is 11.3 Å². The summed E-state index contributed by atoms with van der Waals surface area (Å²) in [5.74, 6) is -0.418. The third kappa shape index (κ3) is 5.26. The van der Waals surface area contributed by atoms with Gasteiger partial charge in [0.05, 0.1) is 12.6 Å². The van der Waals surface area contributed by atoms with Crippen molar-refractivity contribution in [3.05, 3.63) is 72.0 Å². The summed E-state index contributed by atoms with van der Waals surface area (Å²) in [6.07, 6.45) is 1.78. The van der Waals surface area contributed by atoms with Crippen LogP contribution in [0.4, 0.5) is 10.1 Å². The van der Waals surface area contributed by atoms with Gasteiger partial charge in [-0.2, -0.15) is 0 Å². The van der Waals surface area contributed by atoms with Crippen LogP contribution in [0.1, 0.15) is 17.9 Å². The summed E-state index contributed by atoms with van der Waals surface area (Å²) in [6, 6.07) is 13.2. The number of oxazole rings is 1. The lowest BCUT2D eigenvalue weighted by atomic mass is 10.2. The number of amides is 1. The van der Waals surface area contributed by atoms with Crippen molar-refractivity contribution >= 4 is 17.6 Å². The highest BCUT2D eigenvalue weighted by Crippen LogP contribution is 2.21. The molecule has 3 aromatic rings. The maximum atomic E-state index is 13.0. The molecule has 0 unspecified atom stereocenters. The van der Waals surface area contributed by atoms with Crippen LogP contribution in [0.2, 0.25) is 0 Å². The maximum Gasteiger partial charge on any atom is 0.306 e. The number of hydrogen-bond donors (Lipinski definition) is 1. The summed E-state index contributed by atoms with van der Waals surface area (Å²) >= 11 is 0. The SMILES string of the molecule is Cc1ccccc1NC(=O)COC(=O)CCc1ncc(-c2ccc(F)cc2)o1. The second-order valence-electron chi connectivity index (χ2n) is 6.15. The molecular weight excluding hydrogens is 363 g/mol. The summed E-state index contributed by atoms with van der Waals surface area (Å²) in [5, 5.41) is 2.69. The van der Waals surface area contributed by atoms with Gasteiger partial charge in [-0.25, -0.2) is 9.37 Å². The number of nitrogens with zero attached hydrogens (tertiary/aromatic N) is 1. The fraction of sp³-hybridized carbons (Fsp3) is 0.190. The average Bonchev–Trinajstić information content (AvgIpc) is 3.16. The van der Waals surface area contributed by atoms with E-state index in [0.29, 0.717) is 22.9 Å². The molecular formula is C21H19FN2O4. The Hall–Kier alpha value is -3.48. The van der Waals surface area contributed by atoms with Gasteiger partial charge in [0.1, 0.15) is 5.82 Å². The Morgan fingerprint density at radius 1 is 1.14 bits per heavy atom. The van der Waals surface area contributed by atoms with Crippen molar-refractivity contribution < 1.29 is 23.1 Å². The van der Waals surface area contributed by atoms with E-state index in [0.717, 1.165) is 5.56 Å². The van der Waals surface area contributed by atoms with Gasteiger partial charge >= 0.3 is 5.97 Å². The number of carbonyl (C=O) groups is 2. The van der Waals surface area contributed by atoms with Crippen LogP contribution in [0.15, 0.2) is 59.1 Å². The molecule has 0 saturated heterocycles. The fourth-order valence-corrected chi connectivity index (χ4v) is 2.50. The van der Waals surface area contributed by atoms with E-state index in [1.54, 1.807) is 18.2 Å². The highest BCUT2D eigenvalue weighted by atomic mass is 19.1. The van der Waals surface area contributed by atoms with Crippen molar-refractivity contribution in [2.75, 3.05) is 11.9 Å². The van der Waals surface area contributed by atoms with E-state index in [1.807, 2.05) is 25.1 Å². The van der Waals surface area contributed by atoms with Gasteiger partial charge in [-0.1, -0.05) is 18.2 Å². The number of aromatic nitrogens is 1. The van der Waals surface area contributed by atoms with Gasteiger partial charge in [-0.05, 0) is 42.8 Å². The first kappa shape index (κ1) is 19.3. The predicted octanol–water partition coefficient (Wildman–Crippen LogP) is 3.90. The second kappa shape index (κ2) is 8.94. The number of anilines is 1. The van der Waals surface area contributed by atoms with E-state index in [4.69, 9.17) is 9.15 Å². The fourth-order valence-electron chi connectivity index (χ4n) is 2.50. The first-order valence-corrected chi connectivity index (χ1v) is 8.73. The monoisotopic (exact) mass is 382 g/mol. The van der Waals surface area contributed by atoms with Crippen molar-refractivity contribution in [1.29, 1.82) is 0 Å². The highest BCUT2D eigenvalue weighted by molar-refractivity contribution is 5.93. The summed E-state index contributed by atoms with van der Waals surface area (Å²) in [7, 11) is 0. The van der Waals surface area contributed by atoms with Gasteiger partial charge < -0.3 is 14.5 Å². The van der Waals surface area contributed by atoms with Gasteiger partial charge in [0, 0.05) is 17.7 Å². The summed E-state index contributed by atoms with van der Waals surface area (Å²) in [5.41, 5.74) is 2.29. The Morgan fingerprint density at radius 3 is 2.64 bits per heavy atom. The van der Waals surface area contributed by atoms with Crippen LogP contribution in [-0.4, -0.2) is 23.5 Å². The van der Waals surface area contributed by atoms with Gasteiger partial charge in [0.25, 0.3) is 5.91 Å². The molecule has 28 heavy (non-hydrogen) atoms. The highest BCUT2D eigenvalue weighted by Gasteiger charge is 2.12. The molecule has 6 nitrogen and oxygen atoms in total. The number of rotatable bonds is 7. The zero-order valence-electron chi connectivity index (χ0n) is 15.3. The van der Waals surface area contributed by atoms with Gasteiger partial charge in [-0.15, -0.1) is 0 Å². The predicted molar refractivity (Wildman–Crippen MR) is 101 cm³/mol. The van der Waals surface area contributed by atoms with E-state index in [-0.39, 0.29) is 25.3 Å². The minimum Gasteiger partial charge on any atom is -0.456 e. The van der Waals surface area contributed by atoms with Crippen LogP contribution in [-0.2, 0) is 20.7 Å². The van der Waals surface area contributed by atoms with E-state index < -0.39 is 11.9 Å². The van der Waals surface area contributed by atoms with Crippen LogP contribution < -0.4 is 5.32 Å². The maximum absolute atomic E-state index is 13.0. The number of benzene rings is 2. The van der Waals surface area contributed by atoms with Crippen LogP contribution in [0.3, 0.4) is 0 Å². The molecule has 1 heterocycles. The molecule has 1 N–H and O–H groups in total. The number of esters is 1. The third-order valence-electron chi connectivity index (χ3n) is 4.01. The van der Waals surface area contributed by atoms with E-state index in [1.165, 1.54) is 18.3 Å². The zero-order valence-corrected chi connectivity index (χ0v) is 15.3. The molecule has 3 rings (SSSR count). The van der Waals surface area contributed by atoms with Crippen molar-refractivity contribution in [3.63, 3.8) is 0 Å². The quantitative estimate of drug-likeness (QED) is 0.627. The first-order valence-electron chi connectivity index (χ1n) is 8.73. The number of nitrogens with one attached hydrogen (secondary N) is 1. The topological polar surface area (TPSA) is 81.4 Å². The molecule has 0 bridgehead atoms. The summed E-state index contributed by atoms with van der Waals surface area (Å²) in [4.78, 5) is 27.8. The lowest BCUT2D eigenvalue weighted by Gasteiger charge is -2.08. The average molecular weight is 382 g/mol. The molecule has 0 atom stereocenters. The largest absolute Gasteiger partial charge is 0.456 e. The van der Waals surface area contributed by atoms with Crippen LogP contribution >= 0.6 is 0 Å². The van der Waals surface area contributed by atoms with Gasteiger partial charge in [0.15, 0.2) is 18.3 Å². The molecule has 0 radical (unpaired) electrons. The summed E-state index contributed by atoms with van der Waals surface area (Å²) < 4.78 is 23.5. The second-order valence-corrected chi connectivity index (χ2v) is 6.15. The third-order valence-corrected chi connectivity index (χ3v) is 4.01. The summed E-state index contributed by atoms with van der Waals surface area (Å²) in [6.45, 7) is 1.51. The van der Waals surface area contributed by atoms with Crippen molar-refractivity contribution in [1.82, 2.24) is 4.98 Å². The number of halogens is 1. The Morgan fingerprint density at radius 2 is 1.89 bits per heavy atom. The van der Waals surface area contributed by atoms with Gasteiger partial charge in [0.2, 0.25) is 0 Å². The minimum absolute atomic E-state index is 0.0288. The lowest BCUT2D eigenvalue weighted by molar-refractivity contribution is -0.147. The number of aryl methyl sites for hydroxylation is 2. The Balaban J connectivity index is 1.44. The van der Waals surface area contributed by atoms with Crippen molar-refractivity contribution in [2.45, 2.75) is 19.8 Å². The van der Waals surface area contributed by atoms with E-state index in [2.05, 4.69) is 10.3 Å². The Kier molecular flexibility index (Phi) is 6.16. The molecule has 1 amide bonds. The molecule has 144 valence electrons. The number of carbonyl (C=O) groups excluding carboxylic acids is 2. The van der Waals surface area contributed by atoms with E-state index in [9.17, 15) is 14.0 Å². The van der Waals surface area contributed by atoms with Crippen molar-refractivity contribution in [2.24, 2.45) is 0 Å². The molecule has 0 spiro atoms. The Bertz CT molecular complexity index is 967. The molecule has 1 aromatic heterocycles. The van der Waals surface area contributed by atoms with E-state index >= 15 is 0 Å². The molecule has 2 aromatic carbocycles. The first-order chi connectivity index (χ1) is 13.5. The molecule has 0 saturated carbocycles. The zero-order chi connectivity index (χ0) is 19.9. The molecule has 0 aliphatic carbocycles. The van der Waals surface area contributed by atoms with Crippen LogP contribution in [0.25, 0.3) is 11.3 Å². The lowest BCUT2D eigenvalue weighted by Crippen LogP contribution is -2.21. The number of hydrogen-bond acceptors (Lipinski definition) is 5. The molecule has 0 aliphatic heterocycles. The standard InChI is InChI=1S/C21H19FN2O4/c1-14-4-2-3-5-17(14)24-19(25)13-27-21(26)11-10-20-23-12-18(28-20)15-6-8-16(22)9-7-15/h2-9,12H,10-11,13H2,1H3,(H,24,25). The Labute approximate surface area is 161 Å². The molecule has 0 aliphatic rings. The minimum atomic E-state index is -0.526. The smallest absolute Gasteiger partial charge is 0.306 e. The molecule has 0 fully saturated rings. The normalized spacial score (nSPS) is 10.5. The number of ether oxygens (including phenoxy) is 1. The number of para-hydroxylation sites is 1. The van der Waals surface area contributed by atoms with Crippen LogP contribution in [0.5, 0.6) is 0 Å².